The molecule has 0 aliphatic heterocycles. The summed E-state index contributed by atoms with van der Waals surface area (Å²) in [6.45, 7) is 9.17. The highest BCUT2D eigenvalue weighted by Gasteiger charge is 2.12. The molecule has 120 valence electrons. The lowest BCUT2D eigenvalue weighted by molar-refractivity contribution is 0.831. The van der Waals surface area contributed by atoms with E-state index in [1.165, 1.54) is 67.7 Å². The van der Waals surface area contributed by atoms with Gasteiger partial charge in [-0.2, -0.15) is 0 Å². The summed E-state index contributed by atoms with van der Waals surface area (Å²) in [6, 6.07) is 9.66. The summed E-state index contributed by atoms with van der Waals surface area (Å²) in [5.74, 6) is 0. The van der Waals surface area contributed by atoms with Crippen molar-refractivity contribution in [3.8, 4) is 0 Å². The molecular weight excluding hydrogens is 264 g/mol. The summed E-state index contributed by atoms with van der Waals surface area (Å²) < 4.78 is 0. The van der Waals surface area contributed by atoms with E-state index >= 15 is 0 Å². The Bertz CT molecular complexity index is 607. The monoisotopic (exact) mass is 296 g/mol. The van der Waals surface area contributed by atoms with Gasteiger partial charge in [0, 0.05) is 0 Å². The quantitative estimate of drug-likeness (QED) is 0.511. The van der Waals surface area contributed by atoms with Gasteiger partial charge in [0.1, 0.15) is 0 Å². The van der Waals surface area contributed by atoms with Crippen LogP contribution in [-0.4, -0.2) is 0 Å². The van der Waals surface area contributed by atoms with Gasteiger partial charge in [-0.15, -0.1) is 0 Å². The average Bonchev–Trinajstić information content (AvgIpc) is 2.51. The molecular formula is C22H32. The molecule has 0 fully saturated rings. The predicted molar refractivity (Wildman–Crippen MR) is 99.9 cm³/mol. The van der Waals surface area contributed by atoms with E-state index in [1.807, 2.05) is 0 Å². The van der Waals surface area contributed by atoms with Gasteiger partial charge in [-0.05, 0) is 58.7 Å². The minimum Gasteiger partial charge on any atom is -0.0651 e. The van der Waals surface area contributed by atoms with Crippen molar-refractivity contribution < 1.29 is 0 Å². The topological polar surface area (TPSA) is 0 Å². The van der Waals surface area contributed by atoms with Crippen molar-refractivity contribution in [3.63, 3.8) is 0 Å². The van der Waals surface area contributed by atoms with Crippen LogP contribution in [0.1, 0.15) is 75.6 Å². The first-order valence-corrected chi connectivity index (χ1v) is 9.31. The number of hydrogen-bond acceptors (Lipinski definition) is 0. The van der Waals surface area contributed by atoms with Gasteiger partial charge in [0.15, 0.2) is 0 Å². The molecule has 0 aliphatic rings. The zero-order valence-corrected chi connectivity index (χ0v) is 15.0. The average molecular weight is 296 g/mol. The lowest BCUT2D eigenvalue weighted by Gasteiger charge is -2.18. The Kier molecular flexibility index (Phi) is 6.49. The van der Waals surface area contributed by atoms with Crippen molar-refractivity contribution in [2.75, 3.05) is 0 Å². The second kappa shape index (κ2) is 8.36. The fraction of sp³-hybridized carbons (Fsp3) is 0.545. The normalized spacial score (nSPS) is 11.3. The Balaban J connectivity index is 2.64. The van der Waals surface area contributed by atoms with Crippen LogP contribution in [0.4, 0.5) is 0 Å². The molecule has 0 unspecified atom stereocenters. The molecule has 0 heterocycles. The minimum absolute atomic E-state index is 1.19. The smallest absolute Gasteiger partial charge is 0.0149 e. The first-order valence-electron chi connectivity index (χ1n) is 9.31. The molecule has 0 spiro atoms. The van der Waals surface area contributed by atoms with E-state index < -0.39 is 0 Å². The van der Waals surface area contributed by atoms with E-state index in [9.17, 15) is 0 Å². The molecule has 22 heavy (non-hydrogen) atoms. The second-order valence-electron chi connectivity index (χ2n) is 6.55. The number of benzene rings is 2. The van der Waals surface area contributed by atoms with Crippen LogP contribution in [0.15, 0.2) is 24.3 Å². The van der Waals surface area contributed by atoms with Crippen molar-refractivity contribution in [1.29, 1.82) is 0 Å². The zero-order chi connectivity index (χ0) is 15.9. The van der Waals surface area contributed by atoms with Crippen LogP contribution in [0.5, 0.6) is 0 Å². The summed E-state index contributed by atoms with van der Waals surface area (Å²) in [5, 5.41) is 2.97. The summed E-state index contributed by atoms with van der Waals surface area (Å²) >= 11 is 0. The van der Waals surface area contributed by atoms with Gasteiger partial charge in [-0.3, -0.25) is 0 Å². The Hall–Kier alpha value is -1.30. The lowest BCUT2D eigenvalue weighted by Crippen LogP contribution is -2.02. The molecule has 0 nitrogen and oxygen atoms in total. The van der Waals surface area contributed by atoms with Gasteiger partial charge in [0.2, 0.25) is 0 Å². The largest absolute Gasteiger partial charge is 0.0651 e. The van der Waals surface area contributed by atoms with Gasteiger partial charge in [-0.1, -0.05) is 77.6 Å². The first kappa shape index (κ1) is 17.1. The van der Waals surface area contributed by atoms with E-state index in [4.69, 9.17) is 0 Å². The molecule has 0 amide bonds. The van der Waals surface area contributed by atoms with E-state index in [1.54, 1.807) is 16.7 Å². The molecule has 0 aliphatic carbocycles. The molecule has 2 aromatic carbocycles. The Morgan fingerprint density at radius 1 is 0.636 bits per heavy atom. The summed E-state index contributed by atoms with van der Waals surface area (Å²) in [5.41, 5.74) is 6.38. The SMILES string of the molecule is CCCc1ccc2c(CCC)c(CCC)c(CCC)cc2c1. The van der Waals surface area contributed by atoms with Crippen LogP contribution in [0.3, 0.4) is 0 Å². The van der Waals surface area contributed by atoms with Crippen LogP contribution in [0.25, 0.3) is 10.8 Å². The van der Waals surface area contributed by atoms with Crippen molar-refractivity contribution in [2.24, 2.45) is 0 Å². The fourth-order valence-corrected chi connectivity index (χ4v) is 3.67. The highest BCUT2D eigenvalue weighted by molar-refractivity contribution is 5.88. The molecule has 2 rings (SSSR count). The van der Waals surface area contributed by atoms with E-state index in [-0.39, 0.29) is 0 Å². The van der Waals surface area contributed by atoms with Crippen molar-refractivity contribution in [1.82, 2.24) is 0 Å². The fourth-order valence-electron chi connectivity index (χ4n) is 3.67. The summed E-state index contributed by atoms with van der Waals surface area (Å²) in [4.78, 5) is 0. The molecule has 0 aromatic heterocycles. The maximum absolute atomic E-state index is 2.49. The van der Waals surface area contributed by atoms with Crippen LogP contribution in [0, 0.1) is 0 Å². The van der Waals surface area contributed by atoms with Gasteiger partial charge in [0.25, 0.3) is 0 Å². The van der Waals surface area contributed by atoms with Gasteiger partial charge >= 0.3 is 0 Å². The predicted octanol–water partition coefficient (Wildman–Crippen LogP) is 6.65. The second-order valence-corrected chi connectivity index (χ2v) is 6.55. The summed E-state index contributed by atoms with van der Waals surface area (Å²) in [6.07, 6.45) is 9.81. The molecule has 0 heteroatoms. The van der Waals surface area contributed by atoms with Crippen LogP contribution in [0.2, 0.25) is 0 Å². The molecule has 0 saturated carbocycles. The third-order valence-electron chi connectivity index (χ3n) is 4.58. The minimum atomic E-state index is 1.19. The number of fused-ring (bicyclic) bond motifs is 1. The number of rotatable bonds is 8. The Morgan fingerprint density at radius 3 is 1.91 bits per heavy atom. The number of hydrogen-bond donors (Lipinski definition) is 0. The van der Waals surface area contributed by atoms with E-state index in [0.717, 1.165) is 0 Å². The van der Waals surface area contributed by atoms with Gasteiger partial charge < -0.3 is 0 Å². The highest BCUT2D eigenvalue weighted by Crippen LogP contribution is 2.30. The maximum atomic E-state index is 2.49. The van der Waals surface area contributed by atoms with Gasteiger partial charge in [-0.25, -0.2) is 0 Å². The molecule has 0 atom stereocenters. The van der Waals surface area contributed by atoms with Crippen molar-refractivity contribution in [3.05, 3.63) is 46.5 Å². The van der Waals surface area contributed by atoms with Crippen LogP contribution < -0.4 is 0 Å². The Morgan fingerprint density at radius 2 is 1.27 bits per heavy atom. The zero-order valence-electron chi connectivity index (χ0n) is 15.0. The summed E-state index contributed by atoms with van der Waals surface area (Å²) in [7, 11) is 0. The highest BCUT2D eigenvalue weighted by atomic mass is 14.2. The van der Waals surface area contributed by atoms with Crippen molar-refractivity contribution in [2.45, 2.75) is 79.1 Å². The first-order chi connectivity index (χ1) is 10.7. The van der Waals surface area contributed by atoms with E-state index in [0.29, 0.717) is 0 Å². The van der Waals surface area contributed by atoms with E-state index in [2.05, 4.69) is 52.0 Å². The Labute approximate surface area is 136 Å². The maximum Gasteiger partial charge on any atom is -0.0149 e. The molecule has 0 N–H and O–H groups in total. The standard InChI is InChI=1S/C22H32/c1-5-9-17-13-14-21-19(15-17)16-18(10-6-2)20(11-7-3)22(21)12-8-4/h13-16H,5-12H2,1-4H3. The molecule has 0 bridgehead atoms. The van der Waals surface area contributed by atoms with Crippen LogP contribution in [-0.2, 0) is 25.7 Å². The van der Waals surface area contributed by atoms with Crippen LogP contribution >= 0.6 is 0 Å². The number of aryl methyl sites for hydroxylation is 3. The van der Waals surface area contributed by atoms with Crippen molar-refractivity contribution >= 4 is 10.8 Å². The van der Waals surface area contributed by atoms with Gasteiger partial charge in [0.05, 0.1) is 0 Å². The third-order valence-corrected chi connectivity index (χ3v) is 4.58. The molecule has 2 aromatic rings. The molecule has 0 saturated heterocycles. The molecule has 0 radical (unpaired) electrons. The third kappa shape index (κ3) is 3.72. The lowest BCUT2D eigenvalue weighted by atomic mass is 9.87.